The van der Waals surface area contributed by atoms with Crippen molar-refractivity contribution >= 4 is 21.8 Å². The molecule has 0 spiro atoms. The molecule has 6 nitrogen and oxygen atoms in total. The number of halogens is 2. The van der Waals surface area contributed by atoms with Gasteiger partial charge in [0.2, 0.25) is 5.91 Å². The second kappa shape index (κ2) is 6.05. The molecule has 1 heterocycles. The molecule has 0 aromatic heterocycles. The standard InChI is InChI=1S/C16H18F2N2O4S/c1-16(6-7-20(16)14(21)8-10-2-3-10)15(22)19-25(23,24)13-5-4-11(17)9-12(13)18/h4-5,9-10H,2-3,6-8H2,1H3,(H,19,22). The highest BCUT2D eigenvalue weighted by Crippen LogP contribution is 2.37. The summed E-state index contributed by atoms with van der Waals surface area (Å²) in [5.74, 6) is -2.95. The van der Waals surface area contributed by atoms with Crippen molar-refractivity contribution in [2.75, 3.05) is 6.54 Å². The third-order valence-corrected chi connectivity index (χ3v) is 6.14. The van der Waals surface area contributed by atoms with Gasteiger partial charge in [-0.2, -0.15) is 0 Å². The van der Waals surface area contributed by atoms with Crippen LogP contribution in [0.2, 0.25) is 0 Å². The fraction of sp³-hybridized carbons (Fsp3) is 0.500. The van der Waals surface area contributed by atoms with Crippen LogP contribution >= 0.6 is 0 Å². The van der Waals surface area contributed by atoms with E-state index in [4.69, 9.17) is 0 Å². The van der Waals surface area contributed by atoms with E-state index in [0.717, 1.165) is 25.0 Å². The van der Waals surface area contributed by atoms with Crippen LogP contribution in [0.1, 0.15) is 32.6 Å². The summed E-state index contributed by atoms with van der Waals surface area (Å²) in [6.07, 6.45) is 2.64. The molecule has 1 atom stereocenters. The maximum atomic E-state index is 13.7. The topological polar surface area (TPSA) is 83.6 Å². The molecule has 1 saturated heterocycles. The number of carbonyl (C=O) groups is 2. The van der Waals surface area contributed by atoms with E-state index in [-0.39, 0.29) is 5.91 Å². The first kappa shape index (κ1) is 17.8. The number of rotatable bonds is 5. The van der Waals surface area contributed by atoms with Gasteiger partial charge in [-0.3, -0.25) is 9.59 Å². The van der Waals surface area contributed by atoms with E-state index in [1.54, 1.807) is 4.72 Å². The van der Waals surface area contributed by atoms with Gasteiger partial charge in [0.15, 0.2) is 0 Å². The van der Waals surface area contributed by atoms with Gasteiger partial charge in [0.1, 0.15) is 22.1 Å². The highest BCUT2D eigenvalue weighted by molar-refractivity contribution is 7.90. The maximum Gasteiger partial charge on any atom is 0.267 e. The Morgan fingerprint density at radius 2 is 2.00 bits per heavy atom. The van der Waals surface area contributed by atoms with Crippen LogP contribution in [0.3, 0.4) is 0 Å². The molecule has 3 rings (SSSR count). The summed E-state index contributed by atoms with van der Waals surface area (Å²) in [6.45, 7) is 1.85. The monoisotopic (exact) mass is 372 g/mol. The number of nitrogens with zero attached hydrogens (tertiary/aromatic N) is 1. The lowest BCUT2D eigenvalue weighted by Crippen LogP contribution is -2.67. The Morgan fingerprint density at radius 3 is 2.52 bits per heavy atom. The molecular weight excluding hydrogens is 354 g/mol. The molecule has 1 aliphatic heterocycles. The lowest BCUT2D eigenvalue weighted by Gasteiger charge is -2.49. The first-order valence-electron chi connectivity index (χ1n) is 7.96. The van der Waals surface area contributed by atoms with E-state index in [1.807, 2.05) is 0 Å². The molecular formula is C16H18F2N2O4S. The zero-order chi connectivity index (χ0) is 18.4. The van der Waals surface area contributed by atoms with Crippen molar-refractivity contribution in [1.82, 2.24) is 9.62 Å². The fourth-order valence-corrected chi connectivity index (χ4v) is 3.99. The molecule has 0 radical (unpaired) electrons. The Morgan fingerprint density at radius 1 is 1.32 bits per heavy atom. The van der Waals surface area contributed by atoms with Gasteiger partial charge in [0, 0.05) is 19.0 Å². The number of hydrogen-bond donors (Lipinski definition) is 1. The minimum absolute atomic E-state index is 0.184. The first-order valence-corrected chi connectivity index (χ1v) is 9.44. The van der Waals surface area contributed by atoms with Gasteiger partial charge in [-0.25, -0.2) is 21.9 Å². The Labute approximate surface area is 144 Å². The van der Waals surface area contributed by atoms with Gasteiger partial charge in [-0.05, 0) is 44.2 Å². The van der Waals surface area contributed by atoms with Crippen LogP contribution in [0.5, 0.6) is 0 Å². The van der Waals surface area contributed by atoms with Crippen LogP contribution in [-0.2, 0) is 19.6 Å². The van der Waals surface area contributed by atoms with Gasteiger partial charge in [-0.15, -0.1) is 0 Å². The SMILES string of the molecule is CC1(C(=O)NS(=O)(=O)c2ccc(F)cc2F)CCN1C(=O)CC1CC1. The summed E-state index contributed by atoms with van der Waals surface area (Å²) >= 11 is 0. The molecule has 2 aliphatic rings. The van der Waals surface area contributed by atoms with Crippen molar-refractivity contribution in [2.45, 2.75) is 43.0 Å². The van der Waals surface area contributed by atoms with Gasteiger partial charge in [0.25, 0.3) is 15.9 Å². The van der Waals surface area contributed by atoms with Crippen molar-refractivity contribution < 1.29 is 26.8 Å². The van der Waals surface area contributed by atoms with Crippen LogP contribution in [0, 0.1) is 17.6 Å². The minimum atomic E-state index is -4.51. The van der Waals surface area contributed by atoms with E-state index in [2.05, 4.69) is 0 Å². The predicted molar refractivity (Wildman–Crippen MR) is 83.8 cm³/mol. The normalized spacial score (nSPS) is 23.1. The van der Waals surface area contributed by atoms with Crippen molar-refractivity contribution in [3.8, 4) is 0 Å². The number of carbonyl (C=O) groups excluding carboxylic acids is 2. The van der Waals surface area contributed by atoms with Crippen molar-refractivity contribution in [2.24, 2.45) is 5.92 Å². The lowest BCUT2D eigenvalue weighted by molar-refractivity contribution is -0.156. The van der Waals surface area contributed by atoms with Gasteiger partial charge >= 0.3 is 0 Å². The quantitative estimate of drug-likeness (QED) is 0.850. The number of likely N-dealkylation sites (tertiary alicyclic amines) is 1. The Kier molecular flexibility index (Phi) is 4.30. The van der Waals surface area contributed by atoms with E-state index < -0.39 is 38.0 Å². The van der Waals surface area contributed by atoms with E-state index in [1.165, 1.54) is 11.8 Å². The zero-order valence-electron chi connectivity index (χ0n) is 13.6. The molecule has 2 fully saturated rings. The van der Waals surface area contributed by atoms with Crippen LogP contribution in [0.25, 0.3) is 0 Å². The summed E-state index contributed by atoms with van der Waals surface area (Å²) in [5.41, 5.74) is -1.28. The lowest BCUT2D eigenvalue weighted by atomic mass is 9.85. The summed E-state index contributed by atoms with van der Waals surface area (Å²) in [6, 6.07) is 1.97. The molecule has 2 amide bonds. The smallest absolute Gasteiger partial charge is 0.267 e. The Hall–Kier alpha value is -2.03. The summed E-state index contributed by atoms with van der Waals surface area (Å²) in [7, 11) is -4.51. The molecule has 1 aromatic rings. The predicted octanol–water partition coefficient (Wildman–Crippen LogP) is 1.56. The largest absolute Gasteiger partial charge is 0.328 e. The number of hydrogen-bond acceptors (Lipinski definition) is 4. The molecule has 1 unspecified atom stereocenters. The summed E-state index contributed by atoms with van der Waals surface area (Å²) < 4.78 is 52.9. The van der Waals surface area contributed by atoms with Gasteiger partial charge < -0.3 is 4.90 Å². The molecule has 25 heavy (non-hydrogen) atoms. The van der Waals surface area contributed by atoms with Crippen molar-refractivity contribution in [3.05, 3.63) is 29.8 Å². The van der Waals surface area contributed by atoms with Crippen LogP contribution in [-0.4, -0.2) is 37.2 Å². The molecule has 1 aromatic carbocycles. The molecule has 1 saturated carbocycles. The highest BCUT2D eigenvalue weighted by Gasteiger charge is 2.51. The van der Waals surface area contributed by atoms with Crippen LogP contribution < -0.4 is 4.72 Å². The first-order chi connectivity index (χ1) is 11.6. The molecule has 0 bridgehead atoms. The molecule has 1 N–H and O–H groups in total. The molecule has 136 valence electrons. The van der Waals surface area contributed by atoms with Crippen molar-refractivity contribution in [3.63, 3.8) is 0 Å². The van der Waals surface area contributed by atoms with Crippen molar-refractivity contribution in [1.29, 1.82) is 0 Å². The summed E-state index contributed by atoms with van der Waals surface area (Å²) in [5, 5.41) is 0. The number of nitrogens with one attached hydrogen (secondary N) is 1. The Balaban J connectivity index is 1.75. The average Bonchev–Trinajstić information content (AvgIpc) is 3.27. The van der Waals surface area contributed by atoms with Crippen LogP contribution in [0.4, 0.5) is 8.78 Å². The van der Waals surface area contributed by atoms with E-state index >= 15 is 0 Å². The second-order valence-electron chi connectivity index (χ2n) is 6.73. The summed E-state index contributed by atoms with van der Waals surface area (Å²) in [4.78, 5) is 25.2. The highest BCUT2D eigenvalue weighted by atomic mass is 32.2. The van der Waals surface area contributed by atoms with E-state index in [9.17, 15) is 26.8 Å². The third-order valence-electron chi connectivity index (χ3n) is 4.78. The van der Waals surface area contributed by atoms with Gasteiger partial charge in [-0.1, -0.05) is 0 Å². The fourth-order valence-electron chi connectivity index (χ4n) is 2.85. The average molecular weight is 372 g/mol. The third kappa shape index (κ3) is 3.37. The molecule has 1 aliphatic carbocycles. The van der Waals surface area contributed by atoms with E-state index in [0.29, 0.717) is 31.4 Å². The molecule has 9 heteroatoms. The second-order valence-corrected chi connectivity index (χ2v) is 8.38. The number of benzene rings is 1. The zero-order valence-corrected chi connectivity index (χ0v) is 14.4. The number of amides is 2. The van der Waals surface area contributed by atoms with Crippen LogP contribution in [0.15, 0.2) is 23.1 Å². The number of sulfonamides is 1. The van der Waals surface area contributed by atoms with Gasteiger partial charge in [0.05, 0.1) is 0 Å². The maximum absolute atomic E-state index is 13.7. The minimum Gasteiger partial charge on any atom is -0.328 e. The Bertz CT molecular complexity index is 839.